The standard InChI is InChI=1S/C11H11NO2/c1-2-5-13-10-4-3-9-7-12-8-14-11(9)6-10/h2-4,6,8H,1,5,7H2. The van der Waals surface area contributed by atoms with Crippen LogP contribution in [0.25, 0.3) is 0 Å². The predicted octanol–water partition coefficient (Wildman–Crippen LogP) is 2.17. The Kier molecular flexibility index (Phi) is 2.49. The monoisotopic (exact) mass is 189 g/mol. The molecule has 0 bridgehead atoms. The summed E-state index contributed by atoms with van der Waals surface area (Å²) in [5.41, 5.74) is 1.08. The summed E-state index contributed by atoms with van der Waals surface area (Å²) in [5.74, 6) is 1.61. The van der Waals surface area contributed by atoms with Crippen LogP contribution < -0.4 is 9.47 Å². The van der Waals surface area contributed by atoms with Gasteiger partial charge in [-0.25, -0.2) is 0 Å². The number of hydrogen-bond acceptors (Lipinski definition) is 3. The lowest BCUT2D eigenvalue weighted by atomic mass is 10.2. The molecule has 1 aliphatic heterocycles. The van der Waals surface area contributed by atoms with E-state index < -0.39 is 0 Å². The van der Waals surface area contributed by atoms with Gasteiger partial charge < -0.3 is 9.47 Å². The Morgan fingerprint density at radius 1 is 1.57 bits per heavy atom. The van der Waals surface area contributed by atoms with Crippen LogP contribution in [-0.4, -0.2) is 13.0 Å². The highest BCUT2D eigenvalue weighted by Gasteiger charge is 2.07. The molecule has 1 aliphatic rings. The molecule has 0 unspecified atom stereocenters. The Morgan fingerprint density at radius 3 is 3.36 bits per heavy atom. The van der Waals surface area contributed by atoms with Crippen LogP contribution in [-0.2, 0) is 6.54 Å². The molecule has 0 aliphatic carbocycles. The van der Waals surface area contributed by atoms with Crippen LogP contribution in [0.2, 0.25) is 0 Å². The maximum atomic E-state index is 5.38. The Bertz CT molecular complexity index is 372. The average Bonchev–Trinajstić information content (AvgIpc) is 2.26. The molecule has 3 heteroatoms. The molecule has 0 saturated carbocycles. The zero-order valence-electron chi connectivity index (χ0n) is 7.77. The van der Waals surface area contributed by atoms with Crippen molar-refractivity contribution in [3.8, 4) is 11.5 Å². The molecule has 0 saturated heterocycles. The molecule has 0 aromatic heterocycles. The van der Waals surface area contributed by atoms with Gasteiger partial charge in [-0.3, -0.25) is 4.99 Å². The van der Waals surface area contributed by atoms with Gasteiger partial charge in [0.05, 0.1) is 6.54 Å². The van der Waals surface area contributed by atoms with Crippen LogP contribution in [0.3, 0.4) is 0 Å². The molecule has 3 nitrogen and oxygen atoms in total. The smallest absolute Gasteiger partial charge is 0.176 e. The minimum absolute atomic E-state index is 0.507. The zero-order chi connectivity index (χ0) is 9.80. The fourth-order valence-corrected chi connectivity index (χ4v) is 1.25. The van der Waals surface area contributed by atoms with Crippen molar-refractivity contribution in [1.29, 1.82) is 0 Å². The Hall–Kier alpha value is -1.77. The van der Waals surface area contributed by atoms with E-state index in [4.69, 9.17) is 9.47 Å². The van der Waals surface area contributed by atoms with Crippen LogP contribution in [0.4, 0.5) is 0 Å². The SMILES string of the molecule is C=CCOc1ccc2c(c1)OC=NC2. The number of ether oxygens (including phenoxy) is 2. The molecule has 1 heterocycles. The molecular weight excluding hydrogens is 178 g/mol. The number of aliphatic imine (C=N–C) groups is 1. The van der Waals surface area contributed by atoms with Gasteiger partial charge in [0.25, 0.3) is 0 Å². The molecule has 1 aromatic rings. The summed E-state index contributed by atoms with van der Waals surface area (Å²) in [6.07, 6.45) is 3.17. The van der Waals surface area contributed by atoms with Crippen LogP contribution in [0.5, 0.6) is 11.5 Å². The molecule has 0 radical (unpaired) electrons. The first kappa shape index (κ1) is 8.81. The van der Waals surface area contributed by atoms with Crippen molar-refractivity contribution in [1.82, 2.24) is 0 Å². The summed E-state index contributed by atoms with van der Waals surface area (Å²) in [6, 6.07) is 5.74. The van der Waals surface area contributed by atoms with Crippen molar-refractivity contribution in [3.63, 3.8) is 0 Å². The lowest BCUT2D eigenvalue weighted by Gasteiger charge is -2.12. The second-order valence-corrected chi connectivity index (χ2v) is 2.93. The van der Waals surface area contributed by atoms with E-state index in [2.05, 4.69) is 11.6 Å². The Labute approximate surface area is 82.7 Å². The van der Waals surface area contributed by atoms with E-state index in [1.54, 1.807) is 6.08 Å². The van der Waals surface area contributed by atoms with E-state index in [0.717, 1.165) is 17.1 Å². The fourth-order valence-electron chi connectivity index (χ4n) is 1.25. The second kappa shape index (κ2) is 3.96. The molecule has 0 atom stereocenters. The summed E-state index contributed by atoms with van der Waals surface area (Å²) in [7, 11) is 0. The molecule has 2 rings (SSSR count). The maximum Gasteiger partial charge on any atom is 0.176 e. The van der Waals surface area contributed by atoms with E-state index in [9.17, 15) is 0 Å². The number of hydrogen-bond donors (Lipinski definition) is 0. The lowest BCUT2D eigenvalue weighted by molar-refractivity contribution is 0.361. The third-order valence-electron chi connectivity index (χ3n) is 1.92. The van der Waals surface area contributed by atoms with Gasteiger partial charge in [0.2, 0.25) is 0 Å². The third-order valence-corrected chi connectivity index (χ3v) is 1.92. The normalized spacial score (nSPS) is 12.9. The van der Waals surface area contributed by atoms with Crippen molar-refractivity contribution in [2.75, 3.05) is 6.61 Å². The van der Waals surface area contributed by atoms with Crippen molar-refractivity contribution < 1.29 is 9.47 Å². The van der Waals surface area contributed by atoms with Crippen molar-refractivity contribution in [2.45, 2.75) is 6.54 Å². The Balaban J connectivity index is 2.18. The zero-order valence-corrected chi connectivity index (χ0v) is 7.77. The van der Waals surface area contributed by atoms with E-state index in [-0.39, 0.29) is 0 Å². The number of rotatable bonds is 3. The lowest BCUT2D eigenvalue weighted by Crippen LogP contribution is -2.02. The minimum Gasteiger partial charge on any atom is -0.489 e. The number of benzene rings is 1. The summed E-state index contributed by atoms with van der Waals surface area (Å²) >= 11 is 0. The van der Waals surface area contributed by atoms with Gasteiger partial charge in [-0.1, -0.05) is 12.7 Å². The van der Waals surface area contributed by atoms with Crippen molar-refractivity contribution >= 4 is 6.40 Å². The molecule has 0 N–H and O–H groups in total. The highest BCUT2D eigenvalue weighted by Crippen LogP contribution is 2.26. The predicted molar refractivity (Wildman–Crippen MR) is 55.0 cm³/mol. The van der Waals surface area contributed by atoms with E-state index in [1.165, 1.54) is 6.40 Å². The van der Waals surface area contributed by atoms with Gasteiger partial charge >= 0.3 is 0 Å². The maximum absolute atomic E-state index is 5.38. The average molecular weight is 189 g/mol. The molecular formula is C11H11NO2. The molecule has 72 valence electrons. The molecule has 0 amide bonds. The first-order chi connectivity index (χ1) is 6.90. The fraction of sp³-hybridized carbons (Fsp3) is 0.182. The summed E-state index contributed by atoms with van der Waals surface area (Å²) in [6.45, 7) is 4.77. The van der Waals surface area contributed by atoms with E-state index in [1.807, 2.05) is 18.2 Å². The highest BCUT2D eigenvalue weighted by molar-refractivity contribution is 5.57. The third kappa shape index (κ3) is 1.76. The van der Waals surface area contributed by atoms with Gasteiger partial charge in [-0.05, 0) is 12.1 Å². The van der Waals surface area contributed by atoms with Gasteiger partial charge in [0, 0.05) is 11.6 Å². The molecule has 1 aromatic carbocycles. The summed E-state index contributed by atoms with van der Waals surface area (Å²) in [4.78, 5) is 4.01. The van der Waals surface area contributed by atoms with Crippen LogP contribution >= 0.6 is 0 Å². The van der Waals surface area contributed by atoms with Crippen LogP contribution in [0.1, 0.15) is 5.56 Å². The van der Waals surface area contributed by atoms with Gasteiger partial charge in [0.1, 0.15) is 18.1 Å². The first-order valence-electron chi connectivity index (χ1n) is 4.42. The van der Waals surface area contributed by atoms with Crippen LogP contribution in [0.15, 0.2) is 35.8 Å². The van der Waals surface area contributed by atoms with Gasteiger partial charge in [0.15, 0.2) is 6.40 Å². The van der Waals surface area contributed by atoms with Crippen molar-refractivity contribution in [2.24, 2.45) is 4.99 Å². The molecule has 0 fully saturated rings. The van der Waals surface area contributed by atoms with Crippen molar-refractivity contribution in [3.05, 3.63) is 36.4 Å². The van der Waals surface area contributed by atoms with E-state index in [0.29, 0.717) is 13.2 Å². The molecule has 0 spiro atoms. The number of nitrogens with zero attached hydrogens (tertiary/aromatic N) is 1. The minimum atomic E-state index is 0.507. The largest absolute Gasteiger partial charge is 0.489 e. The highest BCUT2D eigenvalue weighted by atomic mass is 16.5. The second-order valence-electron chi connectivity index (χ2n) is 2.93. The number of fused-ring (bicyclic) bond motifs is 1. The Morgan fingerprint density at radius 2 is 2.50 bits per heavy atom. The first-order valence-corrected chi connectivity index (χ1v) is 4.42. The molecule has 14 heavy (non-hydrogen) atoms. The summed E-state index contributed by atoms with van der Waals surface area (Å²) in [5, 5.41) is 0. The van der Waals surface area contributed by atoms with E-state index >= 15 is 0 Å². The van der Waals surface area contributed by atoms with Gasteiger partial charge in [-0.15, -0.1) is 0 Å². The topological polar surface area (TPSA) is 30.8 Å². The van der Waals surface area contributed by atoms with Crippen LogP contribution in [0, 0.1) is 0 Å². The quantitative estimate of drug-likeness (QED) is 0.682. The van der Waals surface area contributed by atoms with Gasteiger partial charge in [-0.2, -0.15) is 0 Å². The summed E-state index contributed by atoms with van der Waals surface area (Å²) < 4.78 is 10.6.